The predicted octanol–water partition coefficient (Wildman–Crippen LogP) is 3.25. The van der Waals surface area contributed by atoms with Crippen LogP contribution in [0.3, 0.4) is 0 Å². The minimum Gasteiger partial charge on any atom is -0.352 e. The van der Waals surface area contributed by atoms with Gasteiger partial charge in [-0.25, -0.2) is 4.98 Å². The van der Waals surface area contributed by atoms with Crippen molar-refractivity contribution in [3.63, 3.8) is 0 Å². The minimum atomic E-state index is 0.0341. The number of fused-ring (bicyclic) bond motifs is 1. The molecule has 0 bridgehead atoms. The Morgan fingerprint density at radius 1 is 1.42 bits per heavy atom. The molecule has 0 radical (unpaired) electrons. The molecule has 0 aliphatic rings. The van der Waals surface area contributed by atoms with Crippen molar-refractivity contribution in [3.8, 4) is 0 Å². The van der Waals surface area contributed by atoms with Crippen LogP contribution in [-0.4, -0.2) is 19.7 Å². The number of hydrogen-bond acceptors (Lipinski definition) is 5. The third-order valence-corrected chi connectivity index (χ3v) is 4.30. The number of nitrogens with one attached hydrogen (secondary N) is 1. The monoisotopic (exact) mass is 293 g/mol. The van der Waals surface area contributed by atoms with Gasteiger partial charge in [0.1, 0.15) is 6.33 Å². The van der Waals surface area contributed by atoms with Gasteiger partial charge in [-0.15, -0.1) is 10.2 Å². The number of nitrogens with zero attached hydrogens (tertiary/aromatic N) is 4. The van der Waals surface area contributed by atoms with Crippen molar-refractivity contribution in [1.82, 2.24) is 19.7 Å². The zero-order valence-electron chi connectivity index (χ0n) is 10.5. The summed E-state index contributed by atoms with van der Waals surface area (Å²) in [7, 11) is 1.92. The number of aromatic nitrogens is 4. The summed E-state index contributed by atoms with van der Waals surface area (Å²) in [6.45, 7) is 2.03. The summed E-state index contributed by atoms with van der Waals surface area (Å²) in [5.74, 6) is 0.866. The van der Waals surface area contributed by atoms with Gasteiger partial charge >= 0.3 is 0 Å². The summed E-state index contributed by atoms with van der Waals surface area (Å²) < 4.78 is 2.88. The third-order valence-electron chi connectivity index (χ3n) is 2.84. The standard InChI is InChI=1S/C12H12ClN5S/c1-7(11-17-14-6-18(11)2)15-12-16-9-5-3-4-8(13)10(9)19-12/h3-7H,1-2H3,(H,15,16). The van der Waals surface area contributed by atoms with Crippen LogP contribution in [0.25, 0.3) is 10.2 Å². The molecule has 0 saturated heterocycles. The zero-order chi connectivity index (χ0) is 13.4. The molecule has 0 spiro atoms. The largest absolute Gasteiger partial charge is 0.352 e. The van der Waals surface area contributed by atoms with Gasteiger partial charge in [0.2, 0.25) is 0 Å². The van der Waals surface area contributed by atoms with Crippen molar-refractivity contribution in [2.24, 2.45) is 7.05 Å². The fraction of sp³-hybridized carbons (Fsp3) is 0.250. The number of aryl methyl sites for hydroxylation is 1. The smallest absolute Gasteiger partial charge is 0.184 e. The Bertz CT molecular complexity index is 720. The van der Waals surface area contributed by atoms with Crippen LogP contribution >= 0.6 is 22.9 Å². The predicted molar refractivity (Wildman–Crippen MR) is 77.7 cm³/mol. The van der Waals surface area contributed by atoms with Crippen LogP contribution < -0.4 is 5.32 Å². The lowest BCUT2D eigenvalue weighted by atomic mass is 10.3. The first-order chi connectivity index (χ1) is 9.15. The molecule has 7 heteroatoms. The highest BCUT2D eigenvalue weighted by molar-refractivity contribution is 7.22. The van der Waals surface area contributed by atoms with Gasteiger partial charge in [0.05, 0.1) is 21.3 Å². The molecule has 2 heterocycles. The molecule has 0 fully saturated rings. The molecule has 98 valence electrons. The fourth-order valence-corrected chi connectivity index (χ4v) is 3.15. The lowest BCUT2D eigenvalue weighted by Gasteiger charge is -2.11. The van der Waals surface area contributed by atoms with Crippen molar-refractivity contribution in [2.45, 2.75) is 13.0 Å². The van der Waals surface area contributed by atoms with Crippen molar-refractivity contribution in [2.75, 3.05) is 5.32 Å². The average molecular weight is 294 g/mol. The maximum atomic E-state index is 6.15. The molecule has 1 N–H and O–H groups in total. The summed E-state index contributed by atoms with van der Waals surface area (Å²) in [6.07, 6.45) is 1.68. The van der Waals surface area contributed by atoms with Gasteiger partial charge in [0, 0.05) is 7.05 Å². The number of benzene rings is 1. The van der Waals surface area contributed by atoms with E-state index in [1.165, 1.54) is 0 Å². The van der Waals surface area contributed by atoms with Gasteiger partial charge in [-0.2, -0.15) is 0 Å². The topological polar surface area (TPSA) is 55.6 Å². The maximum absolute atomic E-state index is 6.15. The molecular weight excluding hydrogens is 282 g/mol. The number of anilines is 1. The van der Waals surface area contributed by atoms with Crippen LogP contribution in [-0.2, 0) is 7.05 Å². The van der Waals surface area contributed by atoms with Gasteiger partial charge in [-0.1, -0.05) is 29.0 Å². The molecule has 0 aliphatic carbocycles. The van der Waals surface area contributed by atoms with E-state index < -0.39 is 0 Å². The van der Waals surface area contributed by atoms with E-state index in [0.29, 0.717) is 0 Å². The molecular formula is C12H12ClN5S. The van der Waals surface area contributed by atoms with Crippen molar-refractivity contribution >= 4 is 38.3 Å². The second kappa shape index (κ2) is 4.79. The summed E-state index contributed by atoms with van der Waals surface area (Å²) in [4.78, 5) is 4.52. The van der Waals surface area contributed by atoms with Gasteiger partial charge in [0.15, 0.2) is 11.0 Å². The molecule has 2 aromatic heterocycles. The molecule has 19 heavy (non-hydrogen) atoms. The van der Waals surface area contributed by atoms with Crippen LogP contribution in [0.5, 0.6) is 0 Å². The Morgan fingerprint density at radius 2 is 2.26 bits per heavy atom. The van der Waals surface area contributed by atoms with E-state index in [1.54, 1.807) is 17.7 Å². The Labute approximate surface area is 119 Å². The first kappa shape index (κ1) is 12.4. The minimum absolute atomic E-state index is 0.0341. The molecule has 1 atom stereocenters. The van der Waals surface area contributed by atoms with Crippen LogP contribution in [0.1, 0.15) is 18.8 Å². The summed E-state index contributed by atoms with van der Waals surface area (Å²) in [6, 6.07) is 5.76. The molecule has 0 amide bonds. The average Bonchev–Trinajstić information content (AvgIpc) is 2.95. The molecule has 3 rings (SSSR count). The van der Waals surface area contributed by atoms with Crippen molar-refractivity contribution in [3.05, 3.63) is 35.4 Å². The second-order valence-corrected chi connectivity index (χ2v) is 5.68. The van der Waals surface area contributed by atoms with Gasteiger partial charge in [0.25, 0.3) is 0 Å². The highest BCUT2D eigenvalue weighted by atomic mass is 35.5. The van der Waals surface area contributed by atoms with E-state index in [2.05, 4.69) is 20.5 Å². The molecule has 0 aliphatic heterocycles. The second-order valence-electron chi connectivity index (χ2n) is 4.27. The molecule has 5 nitrogen and oxygen atoms in total. The number of thiazole rings is 1. The maximum Gasteiger partial charge on any atom is 0.184 e. The zero-order valence-corrected chi connectivity index (χ0v) is 12.0. The molecule has 1 unspecified atom stereocenters. The summed E-state index contributed by atoms with van der Waals surface area (Å²) in [5.41, 5.74) is 0.908. The highest BCUT2D eigenvalue weighted by Gasteiger charge is 2.14. The molecule has 0 saturated carbocycles. The Balaban J connectivity index is 1.89. The van der Waals surface area contributed by atoms with E-state index in [-0.39, 0.29) is 6.04 Å². The third kappa shape index (κ3) is 2.29. The first-order valence-electron chi connectivity index (χ1n) is 5.80. The van der Waals surface area contributed by atoms with E-state index >= 15 is 0 Å². The Morgan fingerprint density at radius 3 is 2.95 bits per heavy atom. The Kier molecular flexibility index (Phi) is 3.12. The lowest BCUT2D eigenvalue weighted by Crippen LogP contribution is -2.11. The normalized spacial score (nSPS) is 12.8. The SMILES string of the molecule is CC(Nc1nc2cccc(Cl)c2s1)c1nncn1C. The van der Waals surface area contributed by atoms with Crippen LogP contribution in [0.4, 0.5) is 5.13 Å². The van der Waals surface area contributed by atoms with Crippen LogP contribution in [0.15, 0.2) is 24.5 Å². The molecule has 3 aromatic rings. The van der Waals surface area contributed by atoms with Gasteiger partial charge in [-0.05, 0) is 19.1 Å². The van der Waals surface area contributed by atoms with Gasteiger partial charge in [-0.3, -0.25) is 0 Å². The first-order valence-corrected chi connectivity index (χ1v) is 7.00. The van der Waals surface area contributed by atoms with Crippen LogP contribution in [0.2, 0.25) is 5.02 Å². The van der Waals surface area contributed by atoms with Gasteiger partial charge < -0.3 is 9.88 Å². The molecule has 1 aromatic carbocycles. The lowest BCUT2D eigenvalue weighted by molar-refractivity contribution is 0.719. The number of halogens is 1. The summed E-state index contributed by atoms with van der Waals surface area (Å²) in [5, 5.41) is 12.9. The number of hydrogen-bond donors (Lipinski definition) is 1. The quantitative estimate of drug-likeness (QED) is 0.805. The summed E-state index contributed by atoms with van der Waals surface area (Å²) >= 11 is 7.69. The van der Waals surface area contributed by atoms with E-state index in [9.17, 15) is 0 Å². The van der Waals surface area contributed by atoms with Crippen LogP contribution in [0, 0.1) is 0 Å². The number of rotatable bonds is 3. The van der Waals surface area contributed by atoms with E-state index in [0.717, 1.165) is 26.2 Å². The van der Waals surface area contributed by atoms with E-state index in [1.807, 2.05) is 36.7 Å². The Hall–Kier alpha value is -1.66. The van der Waals surface area contributed by atoms with E-state index in [4.69, 9.17) is 11.6 Å². The van der Waals surface area contributed by atoms with Crippen molar-refractivity contribution < 1.29 is 0 Å². The highest BCUT2D eigenvalue weighted by Crippen LogP contribution is 2.33. The fourth-order valence-electron chi connectivity index (χ4n) is 1.91. The van der Waals surface area contributed by atoms with Crippen molar-refractivity contribution in [1.29, 1.82) is 0 Å².